The number of hydrogen-bond donors (Lipinski definition) is 1. The van der Waals surface area contributed by atoms with Crippen LogP contribution in [0.2, 0.25) is 0 Å². The van der Waals surface area contributed by atoms with E-state index >= 15 is 0 Å². The van der Waals surface area contributed by atoms with Crippen molar-refractivity contribution >= 4 is 0 Å². The molecule has 1 aromatic heterocycles. The molecule has 1 rings (SSSR count). The number of aromatic nitrogens is 1. The van der Waals surface area contributed by atoms with Gasteiger partial charge in [-0.05, 0) is 32.4 Å². The van der Waals surface area contributed by atoms with E-state index in [9.17, 15) is 0 Å². The Hall–Kier alpha value is -0.930. The van der Waals surface area contributed by atoms with Crippen molar-refractivity contribution in [2.45, 2.75) is 32.9 Å². The molecule has 1 heterocycles. The van der Waals surface area contributed by atoms with Gasteiger partial charge in [-0.25, -0.2) is 0 Å². The van der Waals surface area contributed by atoms with E-state index in [1.165, 1.54) is 5.56 Å². The van der Waals surface area contributed by atoms with Crippen LogP contribution in [0, 0.1) is 0 Å². The van der Waals surface area contributed by atoms with E-state index < -0.39 is 0 Å². The molecule has 1 aromatic rings. The van der Waals surface area contributed by atoms with Crippen molar-refractivity contribution in [3.05, 3.63) is 30.1 Å². The van der Waals surface area contributed by atoms with Crippen LogP contribution in [0.1, 0.15) is 26.3 Å². The molecule has 0 fully saturated rings. The van der Waals surface area contributed by atoms with E-state index in [1.807, 2.05) is 19.2 Å². The maximum absolute atomic E-state index is 5.59. The smallest absolute Gasteiger partial charge is 0.0750 e. The second-order valence-corrected chi connectivity index (χ2v) is 4.16. The molecule has 0 aliphatic rings. The molecule has 0 bridgehead atoms. The number of nitrogens with zero attached hydrogens (tertiary/aromatic N) is 1. The molecule has 0 atom stereocenters. The van der Waals surface area contributed by atoms with E-state index in [2.05, 4.69) is 30.2 Å². The molecule has 0 aromatic carbocycles. The molecule has 0 radical (unpaired) electrons. The van der Waals surface area contributed by atoms with Crippen LogP contribution in [0.5, 0.6) is 0 Å². The summed E-state index contributed by atoms with van der Waals surface area (Å²) in [6, 6.07) is 4.01. The minimum Gasteiger partial charge on any atom is -0.375 e. The Bertz CT molecular complexity index is 272. The molecule has 0 spiro atoms. The summed E-state index contributed by atoms with van der Waals surface area (Å²) in [6.45, 7) is 8.63. The van der Waals surface area contributed by atoms with Gasteiger partial charge >= 0.3 is 0 Å². The van der Waals surface area contributed by atoms with Crippen molar-refractivity contribution in [3.63, 3.8) is 0 Å². The summed E-state index contributed by atoms with van der Waals surface area (Å²) in [7, 11) is 0. The molecule has 84 valence electrons. The molecular formula is C12H20N2O. The number of pyridine rings is 1. The molecule has 15 heavy (non-hydrogen) atoms. The van der Waals surface area contributed by atoms with Gasteiger partial charge in [0.25, 0.3) is 0 Å². The third-order valence-electron chi connectivity index (χ3n) is 2.14. The summed E-state index contributed by atoms with van der Waals surface area (Å²) >= 11 is 0. The van der Waals surface area contributed by atoms with Gasteiger partial charge in [-0.15, -0.1) is 0 Å². The van der Waals surface area contributed by atoms with E-state index in [4.69, 9.17) is 4.74 Å². The zero-order valence-corrected chi connectivity index (χ0v) is 9.79. The molecule has 0 aliphatic heterocycles. The number of hydrogen-bond acceptors (Lipinski definition) is 3. The van der Waals surface area contributed by atoms with Crippen LogP contribution >= 0.6 is 0 Å². The van der Waals surface area contributed by atoms with Gasteiger partial charge in [-0.1, -0.05) is 6.07 Å². The van der Waals surface area contributed by atoms with Crippen molar-refractivity contribution in [1.29, 1.82) is 0 Å². The van der Waals surface area contributed by atoms with E-state index in [1.54, 1.807) is 6.20 Å². The quantitative estimate of drug-likeness (QED) is 0.776. The van der Waals surface area contributed by atoms with Crippen LogP contribution in [0.25, 0.3) is 0 Å². The Morgan fingerprint density at radius 3 is 2.87 bits per heavy atom. The van der Waals surface area contributed by atoms with Crippen molar-refractivity contribution in [1.82, 2.24) is 10.3 Å². The lowest BCUT2D eigenvalue weighted by atomic mass is 10.1. The summed E-state index contributed by atoms with van der Waals surface area (Å²) in [5.41, 5.74) is 1.10. The molecule has 1 N–H and O–H groups in total. The fraction of sp³-hybridized carbons (Fsp3) is 0.583. The van der Waals surface area contributed by atoms with Gasteiger partial charge in [0.05, 0.1) is 5.60 Å². The first-order valence-corrected chi connectivity index (χ1v) is 5.37. The highest BCUT2D eigenvalue weighted by Crippen LogP contribution is 2.07. The zero-order valence-electron chi connectivity index (χ0n) is 9.79. The van der Waals surface area contributed by atoms with Gasteiger partial charge in [0, 0.05) is 32.1 Å². The minimum absolute atomic E-state index is 0.100. The van der Waals surface area contributed by atoms with Crippen LogP contribution in [-0.2, 0) is 11.3 Å². The highest BCUT2D eigenvalue weighted by molar-refractivity contribution is 5.07. The Morgan fingerprint density at radius 1 is 1.47 bits per heavy atom. The van der Waals surface area contributed by atoms with Crippen molar-refractivity contribution in [3.8, 4) is 0 Å². The lowest BCUT2D eigenvalue weighted by molar-refractivity contribution is -0.00897. The van der Waals surface area contributed by atoms with Crippen LogP contribution in [0.3, 0.4) is 0 Å². The number of ether oxygens (including phenoxy) is 1. The van der Waals surface area contributed by atoms with Gasteiger partial charge < -0.3 is 10.1 Å². The molecule has 0 amide bonds. The summed E-state index contributed by atoms with van der Waals surface area (Å²) in [5.74, 6) is 0. The second-order valence-electron chi connectivity index (χ2n) is 4.16. The van der Waals surface area contributed by atoms with Gasteiger partial charge in [-0.2, -0.15) is 0 Å². The van der Waals surface area contributed by atoms with Gasteiger partial charge in [0.1, 0.15) is 0 Å². The Balaban J connectivity index is 2.27. The lowest BCUT2D eigenvalue weighted by Crippen LogP contribution is -2.37. The first kappa shape index (κ1) is 12.1. The average molecular weight is 208 g/mol. The maximum Gasteiger partial charge on any atom is 0.0750 e. The third kappa shape index (κ3) is 4.91. The second kappa shape index (κ2) is 5.83. The standard InChI is InChI=1S/C12H20N2O/c1-4-15-12(2,3)10-14-9-11-6-5-7-13-8-11/h5-8,14H,4,9-10H2,1-3H3. The van der Waals surface area contributed by atoms with Crippen molar-refractivity contribution < 1.29 is 4.74 Å². The summed E-state index contributed by atoms with van der Waals surface area (Å²) in [4.78, 5) is 4.06. The monoisotopic (exact) mass is 208 g/mol. The van der Waals surface area contributed by atoms with E-state index in [-0.39, 0.29) is 5.60 Å². The summed E-state index contributed by atoms with van der Waals surface area (Å²) in [5, 5.41) is 3.36. The van der Waals surface area contributed by atoms with Gasteiger partial charge in [0.15, 0.2) is 0 Å². The molecule has 3 heteroatoms. The third-order valence-corrected chi connectivity index (χ3v) is 2.14. The average Bonchev–Trinajstić information content (AvgIpc) is 2.19. The maximum atomic E-state index is 5.59. The summed E-state index contributed by atoms with van der Waals surface area (Å²) < 4.78 is 5.59. The topological polar surface area (TPSA) is 34.1 Å². The van der Waals surface area contributed by atoms with E-state index in [0.717, 1.165) is 19.7 Å². The SMILES string of the molecule is CCOC(C)(C)CNCc1cccnc1. The Labute approximate surface area is 91.9 Å². The Kier molecular flexibility index (Phi) is 4.72. The van der Waals surface area contributed by atoms with E-state index in [0.29, 0.717) is 0 Å². The lowest BCUT2D eigenvalue weighted by Gasteiger charge is -2.24. The molecule has 3 nitrogen and oxygen atoms in total. The molecule has 0 unspecified atom stereocenters. The van der Waals surface area contributed by atoms with Crippen LogP contribution in [0.15, 0.2) is 24.5 Å². The number of rotatable bonds is 6. The zero-order chi connectivity index (χ0) is 11.1. The van der Waals surface area contributed by atoms with Crippen molar-refractivity contribution in [2.75, 3.05) is 13.2 Å². The first-order chi connectivity index (χ1) is 7.14. The summed E-state index contributed by atoms with van der Waals surface area (Å²) in [6.07, 6.45) is 3.66. The van der Waals surface area contributed by atoms with Crippen LogP contribution in [-0.4, -0.2) is 23.7 Å². The molecule has 0 aliphatic carbocycles. The van der Waals surface area contributed by atoms with Crippen molar-refractivity contribution in [2.24, 2.45) is 0 Å². The largest absolute Gasteiger partial charge is 0.375 e. The Morgan fingerprint density at radius 2 is 2.27 bits per heavy atom. The normalized spacial score (nSPS) is 11.7. The number of nitrogens with one attached hydrogen (secondary N) is 1. The minimum atomic E-state index is -0.100. The highest BCUT2D eigenvalue weighted by atomic mass is 16.5. The molecule has 0 saturated carbocycles. The fourth-order valence-corrected chi connectivity index (χ4v) is 1.45. The van der Waals surface area contributed by atoms with Crippen LogP contribution in [0.4, 0.5) is 0 Å². The predicted molar refractivity (Wildman–Crippen MR) is 61.6 cm³/mol. The predicted octanol–water partition coefficient (Wildman–Crippen LogP) is 1.99. The molecular weight excluding hydrogens is 188 g/mol. The fourth-order valence-electron chi connectivity index (χ4n) is 1.45. The van der Waals surface area contributed by atoms with Gasteiger partial charge in [0.2, 0.25) is 0 Å². The van der Waals surface area contributed by atoms with Crippen LogP contribution < -0.4 is 5.32 Å². The highest BCUT2D eigenvalue weighted by Gasteiger charge is 2.16. The van der Waals surface area contributed by atoms with Gasteiger partial charge in [-0.3, -0.25) is 4.98 Å². The first-order valence-electron chi connectivity index (χ1n) is 5.37. The molecule has 0 saturated heterocycles.